The molecule has 0 bridgehead atoms. The van der Waals surface area contributed by atoms with Gasteiger partial charge in [0.2, 0.25) is 11.8 Å². The van der Waals surface area contributed by atoms with Crippen molar-refractivity contribution in [2.75, 3.05) is 26.2 Å². The smallest absolute Gasteiger partial charge is 0.339 e. The van der Waals surface area contributed by atoms with Crippen LogP contribution in [0.25, 0.3) is 5.69 Å². The van der Waals surface area contributed by atoms with Crippen molar-refractivity contribution in [3.8, 4) is 5.69 Å². The predicted octanol–water partition coefficient (Wildman–Crippen LogP) is 3.52. The Balaban J connectivity index is 1.44. The minimum Gasteiger partial charge on any atom is -0.339 e. The van der Waals surface area contributed by atoms with Crippen molar-refractivity contribution in [2.45, 2.75) is 45.7 Å². The number of carbonyl (C=O) groups excluding carboxylic acids is 2. The summed E-state index contributed by atoms with van der Waals surface area (Å²) in [5, 5.41) is 4.40. The number of aromatic nitrogens is 2. The van der Waals surface area contributed by atoms with Crippen LogP contribution in [0.1, 0.15) is 41.8 Å². The van der Waals surface area contributed by atoms with Gasteiger partial charge in [-0.3, -0.25) is 9.59 Å². The highest BCUT2D eigenvalue weighted by atomic mass is 19.4. The number of alkyl halides is 3. The van der Waals surface area contributed by atoms with Gasteiger partial charge in [0.05, 0.1) is 23.4 Å². The van der Waals surface area contributed by atoms with Gasteiger partial charge in [-0.15, -0.1) is 0 Å². The van der Waals surface area contributed by atoms with Gasteiger partial charge in [0, 0.05) is 43.4 Å². The third-order valence-corrected chi connectivity index (χ3v) is 6.59. The quantitative estimate of drug-likeness (QED) is 0.719. The summed E-state index contributed by atoms with van der Waals surface area (Å²) >= 11 is 0. The molecule has 1 aromatic carbocycles. The number of benzene rings is 1. The zero-order valence-corrected chi connectivity index (χ0v) is 18.3. The molecular formula is C23H27F3N4O2. The molecule has 1 aromatic heterocycles. The summed E-state index contributed by atoms with van der Waals surface area (Å²) < 4.78 is 40.7. The second-order valence-corrected chi connectivity index (χ2v) is 8.62. The van der Waals surface area contributed by atoms with E-state index in [1.54, 1.807) is 24.8 Å². The Hall–Kier alpha value is -2.84. The lowest BCUT2D eigenvalue weighted by molar-refractivity contribution is -0.143. The summed E-state index contributed by atoms with van der Waals surface area (Å²) in [5.41, 5.74) is 1.55. The molecule has 0 unspecified atom stereocenters. The number of rotatable bonds is 4. The van der Waals surface area contributed by atoms with E-state index in [4.69, 9.17) is 0 Å². The van der Waals surface area contributed by atoms with Gasteiger partial charge in [-0.2, -0.15) is 18.3 Å². The summed E-state index contributed by atoms with van der Waals surface area (Å²) in [7, 11) is 0. The van der Waals surface area contributed by atoms with E-state index in [0.717, 1.165) is 37.0 Å². The van der Waals surface area contributed by atoms with E-state index < -0.39 is 11.7 Å². The average molecular weight is 448 g/mol. The maximum Gasteiger partial charge on any atom is 0.416 e. The number of hydrogen-bond acceptors (Lipinski definition) is 3. The average Bonchev–Trinajstić information content (AvgIpc) is 3.00. The lowest BCUT2D eigenvalue weighted by atomic mass is 9.84. The minimum atomic E-state index is -4.44. The monoisotopic (exact) mass is 448 g/mol. The molecule has 172 valence electrons. The molecule has 1 saturated carbocycles. The van der Waals surface area contributed by atoms with Crippen LogP contribution in [0.5, 0.6) is 0 Å². The highest BCUT2D eigenvalue weighted by molar-refractivity contribution is 5.81. The van der Waals surface area contributed by atoms with E-state index in [1.165, 1.54) is 10.7 Å². The third-order valence-electron chi connectivity index (χ3n) is 6.59. The number of aryl methyl sites for hydroxylation is 1. The first-order valence-electron chi connectivity index (χ1n) is 10.9. The van der Waals surface area contributed by atoms with Crippen LogP contribution >= 0.6 is 0 Å². The minimum absolute atomic E-state index is 0.0597. The van der Waals surface area contributed by atoms with Crippen molar-refractivity contribution in [1.82, 2.24) is 19.6 Å². The molecule has 9 heteroatoms. The van der Waals surface area contributed by atoms with Crippen molar-refractivity contribution in [3.05, 3.63) is 46.8 Å². The van der Waals surface area contributed by atoms with Crippen LogP contribution in [-0.4, -0.2) is 57.6 Å². The van der Waals surface area contributed by atoms with E-state index >= 15 is 0 Å². The number of carbonyl (C=O) groups is 2. The maximum absolute atomic E-state index is 13.1. The molecule has 0 atom stereocenters. The molecule has 2 amide bonds. The van der Waals surface area contributed by atoms with Crippen molar-refractivity contribution >= 4 is 11.8 Å². The van der Waals surface area contributed by atoms with Gasteiger partial charge >= 0.3 is 6.18 Å². The highest BCUT2D eigenvalue weighted by Gasteiger charge is 2.33. The maximum atomic E-state index is 13.1. The summed E-state index contributed by atoms with van der Waals surface area (Å²) in [4.78, 5) is 28.9. The lowest BCUT2D eigenvalue weighted by Crippen LogP contribution is -2.52. The van der Waals surface area contributed by atoms with Crippen LogP contribution in [0, 0.1) is 19.8 Å². The fraction of sp³-hybridized carbons (Fsp3) is 0.522. The van der Waals surface area contributed by atoms with E-state index in [1.807, 2.05) is 4.90 Å². The Bertz CT molecular complexity index is 1020. The summed E-state index contributed by atoms with van der Waals surface area (Å²) in [5.74, 6) is 0.303. The fourth-order valence-electron chi connectivity index (χ4n) is 4.35. The zero-order chi connectivity index (χ0) is 23.0. The summed E-state index contributed by atoms with van der Waals surface area (Å²) in [6.45, 7) is 5.60. The Morgan fingerprint density at radius 2 is 1.72 bits per heavy atom. The first-order chi connectivity index (χ1) is 15.1. The van der Waals surface area contributed by atoms with Gasteiger partial charge in [-0.05, 0) is 44.9 Å². The molecule has 1 saturated heterocycles. The lowest BCUT2D eigenvalue weighted by Gasteiger charge is -2.38. The number of hydrogen-bond donors (Lipinski definition) is 0. The molecule has 1 aliphatic carbocycles. The standard InChI is InChI=1S/C23H27F3N4O2/c1-15-20(16(2)30(27-15)19-8-4-7-18(13-19)23(24,25)26)14-21(31)28-9-11-29(12-10-28)22(32)17-5-3-6-17/h4,7-8,13,17H,3,5-6,9-12,14H2,1-2H3. The SMILES string of the molecule is Cc1nn(-c2cccc(C(F)(F)F)c2)c(C)c1CC(=O)N1CCN(C(=O)C2CCC2)CC1. The molecule has 0 spiro atoms. The Labute approximate surface area is 185 Å². The number of nitrogens with zero attached hydrogens (tertiary/aromatic N) is 4. The molecule has 2 fully saturated rings. The molecule has 6 nitrogen and oxygen atoms in total. The second kappa shape index (κ2) is 8.60. The molecule has 1 aliphatic heterocycles. The van der Waals surface area contributed by atoms with E-state index in [-0.39, 0.29) is 24.2 Å². The summed E-state index contributed by atoms with van der Waals surface area (Å²) in [6.07, 6.45) is -1.26. The number of amides is 2. The first-order valence-corrected chi connectivity index (χ1v) is 10.9. The van der Waals surface area contributed by atoms with Crippen LogP contribution in [0.3, 0.4) is 0 Å². The van der Waals surface area contributed by atoms with Crippen LogP contribution in [-0.2, 0) is 22.2 Å². The first kappa shape index (κ1) is 22.4. The third kappa shape index (κ3) is 4.38. The van der Waals surface area contributed by atoms with Crippen molar-refractivity contribution in [3.63, 3.8) is 0 Å². The molecular weight excluding hydrogens is 421 g/mol. The molecule has 2 aromatic rings. The van der Waals surface area contributed by atoms with Gasteiger partial charge in [-0.25, -0.2) is 4.68 Å². The topological polar surface area (TPSA) is 58.4 Å². The molecule has 32 heavy (non-hydrogen) atoms. The van der Waals surface area contributed by atoms with Crippen LogP contribution < -0.4 is 0 Å². The normalized spacial score (nSPS) is 17.4. The van der Waals surface area contributed by atoms with E-state index in [9.17, 15) is 22.8 Å². The molecule has 0 radical (unpaired) electrons. The Morgan fingerprint density at radius 1 is 1.06 bits per heavy atom. The van der Waals surface area contributed by atoms with Crippen LogP contribution in [0.4, 0.5) is 13.2 Å². The molecule has 2 heterocycles. The molecule has 0 N–H and O–H groups in total. The van der Waals surface area contributed by atoms with Crippen LogP contribution in [0.2, 0.25) is 0 Å². The zero-order valence-electron chi connectivity index (χ0n) is 18.3. The summed E-state index contributed by atoms with van der Waals surface area (Å²) in [6, 6.07) is 5.00. The van der Waals surface area contributed by atoms with E-state index in [2.05, 4.69) is 5.10 Å². The Kier molecular flexibility index (Phi) is 6.01. The molecule has 4 rings (SSSR count). The van der Waals surface area contributed by atoms with Gasteiger partial charge in [0.25, 0.3) is 0 Å². The number of halogens is 3. The van der Waals surface area contributed by atoms with Gasteiger partial charge in [0.15, 0.2) is 0 Å². The highest BCUT2D eigenvalue weighted by Crippen LogP contribution is 2.31. The van der Waals surface area contributed by atoms with Crippen molar-refractivity contribution in [1.29, 1.82) is 0 Å². The second-order valence-electron chi connectivity index (χ2n) is 8.62. The van der Waals surface area contributed by atoms with Gasteiger partial charge in [-0.1, -0.05) is 12.5 Å². The van der Waals surface area contributed by atoms with Crippen LogP contribution in [0.15, 0.2) is 24.3 Å². The van der Waals surface area contributed by atoms with E-state index in [0.29, 0.717) is 43.3 Å². The van der Waals surface area contributed by atoms with Crippen molar-refractivity contribution < 1.29 is 22.8 Å². The van der Waals surface area contributed by atoms with Gasteiger partial charge < -0.3 is 9.80 Å². The number of piperazine rings is 1. The molecule has 2 aliphatic rings. The van der Waals surface area contributed by atoms with Crippen molar-refractivity contribution in [2.24, 2.45) is 5.92 Å². The fourth-order valence-corrected chi connectivity index (χ4v) is 4.35. The largest absolute Gasteiger partial charge is 0.416 e. The predicted molar refractivity (Wildman–Crippen MR) is 112 cm³/mol. The Morgan fingerprint density at radius 3 is 2.31 bits per heavy atom. The van der Waals surface area contributed by atoms with Gasteiger partial charge in [0.1, 0.15) is 0 Å².